The molecule has 92 valence electrons. The second kappa shape index (κ2) is 6.00. The van der Waals surface area contributed by atoms with E-state index in [2.05, 4.69) is 16.0 Å². The first-order chi connectivity index (χ1) is 8.06. The van der Waals surface area contributed by atoms with Crippen LogP contribution in [-0.4, -0.2) is 25.9 Å². The minimum atomic E-state index is -0.172. The van der Waals surface area contributed by atoms with Gasteiger partial charge in [-0.15, -0.1) is 0 Å². The fourth-order valence-corrected chi connectivity index (χ4v) is 1.55. The van der Waals surface area contributed by atoms with Crippen molar-refractivity contribution >= 4 is 17.5 Å². The summed E-state index contributed by atoms with van der Waals surface area (Å²) in [4.78, 5) is 22.6. The standard InChI is InChI=1S/C12H17N3O2/c1-8(16)15-11-5-9(7-13-2)4-10(6-11)12(17)14-3/h4-6,13H,7H2,1-3H3,(H,14,17)(H,15,16). The second-order valence-corrected chi connectivity index (χ2v) is 3.71. The minimum Gasteiger partial charge on any atom is -0.355 e. The van der Waals surface area contributed by atoms with Gasteiger partial charge in [0.15, 0.2) is 0 Å². The zero-order chi connectivity index (χ0) is 12.8. The van der Waals surface area contributed by atoms with Gasteiger partial charge in [0, 0.05) is 31.8 Å². The van der Waals surface area contributed by atoms with Crippen LogP contribution >= 0.6 is 0 Å². The largest absolute Gasteiger partial charge is 0.355 e. The SMILES string of the molecule is CNCc1cc(NC(C)=O)cc(C(=O)NC)c1. The van der Waals surface area contributed by atoms with Crippen molar-refractivity contribution in [2.24, 2.45) is 0 Å². The molecule has 0 atom stereocenters. The molecule has 0 aromatic heterocycles. The molecule has 5 heteroatoms. The number of hydrogen-bond donors (Lipinski definition) is 3. The molecule has 1 rings (SSSR count). The first-order valence-electron chi connectivity index (χ1n) is 5.35. The molecule has 3 N–H and O–H groups in total. The summed E-state index contributed by atoms with van der Waals surface area (Å²) in [5.41, 5.74) is 2.10. The van der Waals surface area contributed by atoms with Crippen molar-refractivity contribution in [1.82, 2.24) is 10.6 Å². The van der Waals surface area contributed by atoms with Crippen LogP contribution in [0.1, 0.15) is 22.8 Å². The van der Waals surface area contributed by atoms with Crippen LogP contribution in [-0.2, 0) is 11.3 Å². The first-order valence-corrected chi connectivity index (χ1v) is 5.35. The third kappa shape index (κ3) is 3.88. The van der Waals surface area contributed by atoms with E-state index in [0.717, 1.165) is 5.56 Å². The van der Waals surface area contributed by atoms with E-state index >= 15 is 0 Å². The Balaban J connectivity index is 3.08. The number of carbonyl (C=O) groups is 2. The third-order valence-corrected chi connectivity index (χ3v) is 2.18. The normalized spacial score (nSPS) is 9.82. The Morgan fingerprint density at radius 2 is 1.88 bits per heavy atom. The zero-order valence-corrected chi connectivity index (χ0v) is 10.3. The van der Waals surface area contributed by atoms with Gasteiger partial charge in [0.05, 0.1) is 0 Å². The van der Waals surface area contributed by atoms with E-state index in [9.17, 15) is 9.59 Å². The number of anilines is 1. The molecule has 1 aromatic carbocycles. The summed E-state index contributed by atoms with van der Waals surface area (Å²) in [5, 5.41) is 8.24. The van der Waals surface area contributed by atoms with E-state index in [0.29, 0.717) is 17.8 Å². The van der Waals surface area contributed by atoms with Gasteiger partial charge in [-0.3, -0.25) is 9.59 Å². The molecule has 0 aliphatic rings. The molecule has 0 aliphatic heterocycles. The number of rotatable bonds is 4. The number of nitrogens with one attached hydrogen (secondary N) is 3. The maximum atomic E-state index is 11.6. The lowest BCUT2D eigenvalue weighted by molar-refractivity contribution is -0.114. The third-order valence-electron chi connectivity index (χ3n) is 2.18. The van der Waals surface area contributed by atoms with Gasteiger partial charge in [0.2, 0.25) is 5.91 Å². The number of hydrogen-bond acceptors (Lipinski definition) is 3. The zero-order valence-electron chi connectivity index (χ0n) is 10.3. The lowest BCUT2D eigenvalue weighted by Crippen LogP contribution is -2.19. The molecule has 0 bridgehead atoms. The second-order valence-electron chi connectivity index (χ2n) is 3.71. The molecular formula is C12H17N3O2. The average molecular weight is 235 g/mol. The smallest absolute Gasteiger partial charge is 0.251 e. The van der Waals surface area contributed by atoms with Crippen molar-refractivity contribution < 1.29 is 9.59 Å². The Bertz CT molecular complexity index is 430. The summed E-state index contributed by atoms with van der Waals surface area (Å²) < 4.78 is 0. The monoisotopic (exact) mass is 235 g/mol. The number of carbonyl (C=O) groups excluding carboxylic acids is 2. The van der Waals surface area contributed by atoms with Gasteiger partial charge < -0.3 is 16.0 Å². The van der Waals surface area contributed by atoms with E-state index < -0.39 is 0 Å². The van der Waals surface area contributed by atoms with E-state index in [4.69, 9.17) is 0 Å². The molecule has 0 fully saturated rings. The number of benzene rings is 1. The van der Waals surface area contributed by atoms with Crippen molar-refractivity contribution in [3.05, 3.63) is 29.3 Å². The van der Waals surface area contributed by atoms with Crippen LogP contribution in [0.2, 0.25) is 0 Å². The Morgan fingerprint density at radius 1 is 1.18 bits per heavy atom. The summed E-state index contributed by atoms with van der Waals surface area (Å²) in [6, 6.07) is 5.28. The first kappa shape index (κ1) is 13.2. The molecule has 2 amide bonds. The Morgan fingerprint density at radius 3 is 2.41 bits per heavy atom. The van der Waals surface area contributed by atoms with Gasteiger partial charge in [0.1, 0.15) is 0 Å². The molecular weight excluding hydrogens is 218 g/mol. The summed E-state index contributed by atoms with van der Waals surface area (Å²) in [6.07, 6.45) is 0. The van der Waals surface area contributed by atoms with Crippen LogP contribution in [0.3, 0.4) is 0 Å². The number of amides is 2. The molecule has 0 unspecified atom stereocenters. The van der Waals surface area contributed by atoms with Crippen molar-refractivity contribution in [2.75, 3.05) is 19.4 Å². The van der Waals surface area contributed by atoms with Crippen LogP contribution < -0.4 is 16.0 Å². The molecule has 0 saturated heterocycles. The summed E-state index contributed by atoms with van der Waals surface area (Å²) in [5.74, 6) is -0.330. The quantitative estimate of drug-likeness (QED) is 0.720. The van der Waals surface area contributed by atoms with E-state index in [1.54, 1.807) is 19.2 Å². The van der Waals surface area contributed by atoms with Crippen LogP contribution in [0.25, 0.3) is 0 Å². The summed E-state index contributed by atoms with van der Waals surface area (Å²) in [7, 11) is 3.40. The van der Waals surface area contributed by atoms with Gasteiger partial charge in [-0.25, -0.2) is 0 Å². The highest BCUT2D eigenvalue weighted by atomic mass is 16.2. The predicted octanol–water partition coefficient (Wildman–Crippen LogP) is 0.724. The van der Waals surface area contributed by atoms with E-state index in [-0.39, 0.29) is 11.8 Å². The van der Waals surface area contributed by atoms with Crippen LogP contribution in [0, 0.1) is 0 Å². The van der Waals surface area contributed by atoms with Crippen LogP contribution in [0.4, 0.5) is 5.69 Å². The molecule has 5 nitrogen and oxygen atoms in total. The van der Waals surface area contributed by atoms with Crippen LogP contribution in [0.15, 0.2) is 18.2 Å². The molecule has 0 spiro atoms. The fourth-order valence-electron chi connectivity index (χ4n) is 1.55. The lowest BCUT2D eigenvalue weighted by Gasteiger charge is -2.09. The molecule has 0 saturated carbocycles. The molecule has 0 aliphatic carbocycles. The Labute approximate surface area is 101 Å². The summed E-state index contributed by atoms with van der Waals surface area (Å²) >= 11 is 0. The highest BCUT2D eigenvalue weighted by Crippen LogP contribution is 2.15. The van der Waals surface area contributed by atoms with Crippen molar-refractivity contribution in [3.8, 4) is 0 Å². The highest BCUT2D eigenvalue weighted by Gasteiger charge is 2.07. The van der Waals surface area contributed by atoms with Crippen molar-refractivity contribution in [3.63, 3.8) is 0 Å². The topological polar surface area (TPSA) is 70.2 Å². The van der Waals surface area contributed by atoms with Gasteiger partial charge >= 0.3 is 0 Å². The molecule has 0 radical (unpaired) electrons. The Hall–Kier alpha value is -1.88. The Kier molecular flexibility index (Phi) is 4.66. The fraction of sp³-hybridized carbons (Fsp3) is 0.333. The van der Waals surface area contributed by atoms with Gasteiger partial charge in [-0.1, -0.05) is 0 Å². The maximum Gasteiger partial charge on any atom is 0.251 e. The summed E-state index contributed by atoms with van der Waals surface area (Å²) in [6.45, 7) is 2.07. The minimum absolute atomic E-state index is 0.158. The van der Waals surface area contributed by atoms with E-state index in [1.165, 1.54) is 6.92 Å². The van der Waals surface area contributed by atoms with Gasteiger partial charge in [-0.2, -0.15) is 0 Å². The highest BCUT2D eigenvalue weighted by molar-refractivity contribution is 5.96. The average Bonchev–Trinajstić information content (AvgIpc) is 2.27. The van der Waals surface area contributed by atoms with Crippen molar-refractivity contribution in [2.45, 2.75) is 13.5 Å². The predicted molar refractivity (Wildman–Crippen MR) is 66.9 cm³/mol. The maximum absolute atomic E-state index is 11.6. The molecule has 1 aromatic rings. The van der Waals surface area contributed by atoms with Gasteiger partial charge in [-0.05, 0) is 30.8 Å². The van der Waals surface area contributed by atoms with E-state index in [1.807, 2.05) is 13.1 Å². The molecule has 17 heavy (non-hydrogen) atoms. The van der Waals surface area contributed by atoms with Crippen molar-refractivity contribution in [1.29, 1.82) is 0 Å². The van der Waals surface area contributed by atoms with Crippen LogP contribution in [0.5, 0.6) is 0 Å². The van der Waals surface area contributed by atoms with Gasteiger partial charge in [0.25, 0.3) is 5.91 Å². The molecule has 0 heterocycles. The lowest BCUT2D eigenvalue weighted by atomic mass is 10.1.